The number of hydrogen-bond acceptors (Lipinski definition) is 3. The highest BCUT2D eigenvalue weighted by atomic mass is 79.9. The molecule has 0 amide bonds. The Kier molecular flexibility index (Phi) is 5.39. The maximum absolute atomic E-state index is 10.5. The SMILES string of the molecule is CNCc1ccc(OCC(C)(O)c2ccccc2)c(Br)c1. The lowest BCUT2D eigenvalue weighted by molar-refractivity contribution is 0.00735. The Morgan fingerprint density at radius 2 is 1.90 bits per heavy atom. The first-order valence-electron chi connectivity index (χ1n) is 6.86. The Bertz CT molecular complexity index is 585. The zero-order valence-electron chi connectivity index (χ0n) is 12.3. The van der Waals surface area contributed by atoms with Gasteiger partial charge in [0.25, 0.3) is 0 Å². The molecule has 2 N–H and O–H groups in total. The first kappa shape index (κ1) is 16.0. The molecule has 0 fully saturated rings. The Hall–Kier alpha value is -1.36. The Morgan fingerprint density at radius 3 is 2.52 bits per heavy atom. The van der Waals surface area contributed by atoms with Crippen molar-refractivity contribution in [2.24, 2.45) is 0 Å². The van der Waals surface area contributed by atoms with E-state index in [4.69, 9.17) is 4.74 Å². The molecule has 2 rings (SSSR count). The van der Waals surface area contributed by atoms with Crippen molar-refractivity contribution in [3.05, 3.63) is 64.1 Å². The number of ether oxygens (including phenoxy) is 1. The van der Waals surface area contributed by atoms with Crippen molar-refractivity contribution in [2.75, 3.05) is 13.7 Å². The summed E-state index contributed by atoms with van der Waals surface area (Å²) in [7, 11) is 1.91. The van der Waals surface area contributed by atoms with Gasteiger partial charge in [-0.2, -0.15) is 0 Å². The van der Waals surface area contributed by atoms with Gasteiger partial charge in [0.05, 0.1) is 4.47 Å². The van der Waals surface area contributed by atoms with Crippen LogP contribution in [0.2, 0.25) is 0 Å². The van der Waals surface area contributed by atoms with Crippen LogP contribution in [0.1, 0.15) is 18.1 Å². The molecule has 0 aliphatic carbocycles. The van der Waals surface area contributed by atoms with E-state index in [1.807, 2.05) is 55.6 Å². The minimum absolute atomic E-state index is 0.195. The molecular formula is C17H20BrNO2. The zero-order chi connectivity index (χ0) is 15.3. The van der Waals surface area contributed by atoms with Gasteiger partial charge < -0.3 is 15.2 Å². The Labute approximate surface area is 134 Å². The lowest BCUT2D eigenvalue weighted by Crippen LogP contribution is -2.29. The van der Waals surface area contributed by atoms with Crippen LogP contribution in [0.3, 0.4) is 0 Å². The third-order valence-corrected chi connectivity index (χ3v) is 3.90. The quantitative estimate of drug-likeness (QED) is 0.839. The standard InChI is InChI=1S/C17H20BrNO2/c1-17(20,14-6-4-3-5-7-14)12-21-16-9-8-13(11-19-2)10-15(16)18/h3-10,19-20H,11-12H2,1-2H3. The number of rotatable bonds is 6. The van der Waals surface area contributed by atoms with E-state index in [0.29, 0.717) is 0 Å². The molecule has 0 saturated heterocycles. The summed E-state index contributed by atoms with van der Waals surface area (Å²) in [5.41, 5.74) is 0.990. The molecule has 0 saturated carbocycles. The van der Waals surface area contributed by atoms with Gasteiger partial charge in [-0.25, -0.2) is 0 Å². The van der Waals surface area contributed by atoms with E-state index < -0.39 is 5.60 Å². The summed E-state index contributed by atoms with van der Waals surface area (Å²) < 4.78 is 6.66. The summed E-state index contributed by atoms with van der Waals surface area (Å²) in [6.07, 6.45) is 0. The van der Waals surface area contributed by atoms with Crippen LogP contribution in [0.5, 0.6) is 5.75 Å². The van der Waals surface area contributed by atoms with Crippen molar-refractivity contribution < 1.29 is 9.84 Å². The van der Waals surface area contributed by atoms with Gasteiger partial charge in [0.2, 0.25) is 0 Å². The van der Waals surface area contributed by atoms with E-state index in [0.717, 1.165) is 22.3 Å². The summed E-state index contributed by atoms with van der Waals surface area (Å²) >= 11 is 3.51. The molecule has 4 heteroatoms. The number of halogens is 1. The second-order valence-electron chi connectivity index (χ2n) is 5.22. The number of hydrogen-bond donors (Lipinski definition) is 2. The molecular weight excluding hydrogens is 330 g/mol. The predicted octanol–water partition coefficient (Wildman–Crippen LogP) is 3.46. The van der Waals surface area contributed by atoms with Crippen molar-refractivity contribution in [2.45, 2.75) is 19.1 Å². The third-order valence-electron chi connectivity index (χ3n) is 3.28. The second-order valence-corrected chi connectivity index (χ2v) is 6.08. The van der Waals surface area contributed by atoms with E-state index in [-0.39, 0.29) is 6.61 Å². The molecule has 112 valence electrons. The van der Waals surface area contributed by atoms with Crippen LogP contribution in [0, 0.1) is 0 Å². The van der Waals surface area contributed by atoms with Gasteiger partial charge in [0, 0.05) is 6.54 Å². The second kappa shape index (κ2) is 7.07. The average Bonchev–Trinajstić information content (AvgIpc) is 2.48. The van der Waals surface area contributed by atoms with Crippen LogP contribution < -0.4 is 10.1 Å². The van der Waals surface area contributed by atoms with Crippen LogP contribution in [-0.4, -0.2) is 18.8 Å². The predicted molar refractivity (Wildman–Crippen MR) is 88.4 cm³/mol. The van der Waals surface area contributed by atoms with Gasteiger partial charge in [0.15, 0.2) is 0 Å². The van der Waals surface area contributed by atoms with Crippen LogP contribution in [0.25, 0.3) is 0 Å². The van der Waals surface area contributed by atoms with Crippen LogP contribution >= 0.6 is 15.9 Å². The summed E-state index contributed by atoms with van der Waals surface area (Å²) in [6.45, 7) is 2.76. The highest BCUT2D eigenvalue weighted by Gasteiger charge is 2.24. The largest absolute Gasteiger partial charge is 0.489 e. The maximum Gasteiger partial charge on any atom is 0.133 e. The topological polar surface area (TPSA) is 41.5 Å². The van der Waals surface area contributed by atoms with Crippen LogP contribution in [0.4, 0.5) is 0 Å². The molecule has 0 aliphatic heterocycles. The van der Waals surface area contributed by atoms with Gasteiger partial charge in [0.1, 0.15) is 18.0 Å². The maximum atomic E-state index is 10.5. The van der Waals surface area contributed by atoms with Gasteiger partial charge in [-0.3, -0.25) is 0 Å². The van der Waals surface area contributed by atoms with Crippen molar-refractivity contribution in [3.8, 4) is 5.75 Å². The summed E-state index contributed by atoms with van der Waals surface area (Å²) in [5.74, 6) is 0.728. The van der Waals surface area contributed by atoms with Crippen LogP contribution in [0.15, 0.2) is 53.0 Å². The zero-order valence-corrected chi connectivity index (χ0v) is 13.9. The molecule has 0 bridgehead atoms. The lowest BCUT2D eigenvalue weighted by atomic mass is 9.97. The minimum atomic E-state index is -1.02. The van der Waals surface area contributed by atoms with E-state index in [2.05, 4.69) is 21.2 Å². The highest BCUT2D eigenvalue weighted by Crippen LogP contribution is 2.28. The Balaban J connectivity index is 2.06. The molecule has 2 aromatic carbocycles. The van der Waals surface area contributed by atoms with Crippen molar-refractivity contribution >= 4 is 15.9 Å². The van der Waals surface area contributed by atoms with Crippen molar-refractivity contribution in [3.63, 3.8) is 0 Å². The van der Waals surface area contributed by atoms with Crippen molar-refractivity contribution in [1.29, 1.82) is 0 Å². The number of benzene rings is 2. The fourth-order valence-corrected chi connectivity index (χ4v) is 2.61. The number of aliphatic hydroxyl groups is 1. The summed E-state index contributed by atoms with van der Waals surface area (Å²) in [4.78, 5) is 0. The van der Waals surface area contributed by atoms with Gasteiger partial charge >= 0.3 is 0 Å². The van der Waals surface area contributed by atoms with E-state index >= 15 is 0 Å². The smallest absolute Gasteiger partial charge is 0.133 e. The van der Waals surface area contributed by atoms with Gasteiger partial charge in [-0.15, -0.1) is 0 Å². The first-order valence-corrected chi connectivity index (χ1v) is 7.66. The molecule has 1 atom stereocenters. The first-order chi connectivity index (χ1) is 10.0. The van der Waals surface area contributed by atoms with E-state index in [1.54, 1.807) is 6.92 Å². The lowest BCUT2D eigenvalue weighted by Gasteiger charge is -2.24. The third kappa shape index (κ3) is 4.30. The molecule has 0 heterocycles. The monoisotopic (exact) mass is 349 g/mol. The highest BCUT2D eigenvalue weighted by molar-refractivity contribution is 9.10. The van der Waals surface area contributed by atoms with Crippen molar-refractivity contribution in [1.82, 2.24) is 5.32 Å². The van der Waals surface area contributed by atoms with Gasteiger partial charge in [-0.1, -0.05) is 36.4 Å². The molecule has 0 radical (unpaired) electrons. The fraction of sp³-hybridized carbons (Fsp3) is 0.294. The fourth-order valence-electron chi connectivity index (χ4n) is 2.07. The molecule has 21 heavy (non-hydrogen) atoms. The van der Waals surface area contributed by atoms with E-state index in [1.165, 1.54) is 5.56 Å². The average molecular weight is 350 g/mol. The molecule has 0 aliphatic rings. The Morgan fingerprint density at radius 1 is 1.19 bits per heavy atom. The van der Waals surface area contributed by atoms with E-state index in [9.17, 15) is 5.11 Å². The summed E-state index contributed by atoms with van der Waals surface area (Å²) in [6, 6.07) is 15.5. The molecule has 2 aromatic rings. The normalized spacial score (nSPS) is 13.7. The molecule has 0 aromatic heterocycles. The summed E-state index contributed by atoms with van der Waals surface area (Å²) in [5, 5.41) is 13.6. The minimum Gasteiger partial charge on any atom is -0.489 e. The van der Waals surface area contributed by atoms with Gasteiger partial charge in [-0.05, 0) is 53.2 Å². The number of nitrogens with one attached hydrogen (secondary N) is 1. The molecule has 3 nitrogen and oxygen atoms in total. The van der Waals surface area contributed by atoms with Crippen LogP contribution in [-0.2, 0) is 12.1 Å². The molecule has 1 unspecified atom stereocenters. The molecule has 0 spiro atoms.